The van der Waals surface area contributed by atoms with Crippen molar-refractivity contribution < 1.29 is 17.6 Å². The number of amides is 1. The van der Waals surface area contributed by atoms with E-state index < -0.39 is 10.0 Å². The van der Waals surface area contributed by atoms with Crippen molar-refractivity contribution in [2.75, 3.05) is 11.3 Å². The lowest BCUT2D eigenvalue weighted by atomic mass is 10.1. The molecule has 0 unspecified atom stereocenters. The fraction of sp³-hybridized carbons (Fsp3) is 0.136. The first-order valence-corrected chi connectivity index (χ1v) is 11.1. The van der Waals surface area contributed by atoms with Gasteiger partial charge in [-0.2, -0.15) is 0 Å². The zero-order valence-corrected chi connectivity index (χ0v) is 17.5. The Morgan fingerprint density at radius 2 is 1.67 bits per heavy atom. The van der Waals surface area contributed by atoms with Gasteiger partial charge in [0.15, 0.2) is 0 Å². The van der Waals surface area contributed by atoms with Crippen molar-refractivity contribution in [3.63, 3.8) is 0 Å². The molecule has 0 atom stereocenters. The SMILES string of the molecule is O=C(NCCCc1ccc(F)cc1)c1ccc(NS(=O)(=O)c2ccccc2)c(Cl)c1. The molecule has 0 heterocycles. The molecule has 0 bridgehead atoms. The summed E-state index contributed by atoms with van der Waals surface area (Å²) in [6.07, 6.45) is 1.40. The van der Waals surface area contributed by atoms with Crippen LogP contribution in [0.15, 0.2) is 77.7 Å². The highest BCUT2D eigenvalue weighted by atomic mass is 35.5. The summed E-state index contributed by atoms with van der Waals surface area (Å²) < 4.78 is 40.2. The Balaban J connectivity index is 1.56. The number of nitrogens with one attached hydrogen (secondary N) is 2. The highest BCUT2D eigenvalue weighted by Gasteiger charge is 2.16. The highest BCUT2D eigenvalue weighted by molar-refractivity contribution is 7.92. The minimum atomic E-state index is -3.77. The Morgan fingerprint density at radius 1 is 0.967 bits per heavy atom. The average Bonchev–Trinajstić information content (AvgIpc) is 2.74. The molecule has 1 amide bonds. The molecular formula is C22H20ClFN2O3S. The van der Waals surface area contributed by atoms with Crippen LogP contribution < -0.4 is 10.0 Å². The molecule has 0 aliphatic rings. The first-order valence-electron chi connectivity index (χ1n) is 9.25. The fourth-order valence-corrected chi connectivity index (χ4v) is 4.17. The van der Waals surface area contributed by atoms with E-state index in [1.54, 1.807) is 30.3 Å². The van der Waals surface area contributed by atoms with Gasteiger partial charge in [0.1, 0.15) is 5.82 Å². The van der Waals surface area contributed by atoms with E-state index in [-0.39, 0.29) is 27.3 Å². The van der Waals surface area contributed by atoms with Crippen LogP contribution in [0.2, 0.25) is 5.02 Å². The van der Waals surface area contributed by atoms with Gasteiger partial charge in [0.05, 0.1) is 15.6 Å². The predicted octanol–water partition coefficient (Wildman–Crippen LogP) is 4.64. The van der Waals surface area contributed by atoms with Crippen molar-refractivity contribution in [1.29, 1.82) is 0 Å². The highest BCUT2D eigenvalue weighted by Crippen LogP contribution is 2.26. The Labute approximate surface area is 179 Å². The molecule has 0 aliphatic carbocycles. The number of sulfonamides is 1. The molecule has 0 spiro atoms. The van der Waals surface area contributed by atoms with Crippen molar-refractivity contribution in [3.05, 3.63) is 94.8 Å². The third kappa shape index (κ3) is 5.81. The second-order valence-electron chi connectivity index (χ2n) is 6.60. The predicted molar refractivity (Wildman–Crippen MR) is 116 cm³/mol. The number of carbonyl (C=O) groups excluding carboxylic acids is 1. The van der Waals surface area contributed by atoms with Crippen LogP contribution in [0.1, 0.15) is 22.3 Å². The Kier molecular flexibility index (Phi) is 7.07. The molecule has 30 heavy (non-hydrogen) atoms. The Morgan fingerprint density at radius 3 is 2.33 bits per heavy atom. The lowest BCUT2D eigenvalue weighted by molar-refractivity contribution is 0.0953. The van der Waals surface area contributed by atoms with E-state index in [2.05, 4.69) is 10.0 Å². The summed E-state index contributed by atoms with van der Waals surface area (Å²) in [5.74, 6) is -0.591. The molecule has 0 aromatic heterocycles. The number of aryl methyl sites for hydroxylation is 1. The molecule has 3 aromatic rings. The average molecular weight is 447 g/mol. The van der Waals surface area contributed by atoms with Gasteiger partial charge in [0, 0.05) is 12.1 Å². The second-order valence-corrected chi connectivity index (χ2v) is 8.69. The van der Waals surface area contributed by atoms with Crippen LogP contribution >= 0.6 is 11.6 Å². The van der Waals surface area contributed by atoms with Crippen LogP contribution in [-0.4, -0.2) is 20.9 Å². The van der Waals surface area contributed by atoms with Crippen molar-refractivity contribution in [2.45, 2.75) is 17.7 Å². The topological polar surface area (TPSA) is 75.3 Å². The largest absolute Gasteiger partial charge is 0.352 e. The summed E-state index contributed by atoms with van der Waals surface area (Å²) in [4.78, 5) is 12.4. The number of anilines is 1. The quantitative estimate of drug-likeness (QED) is 0.495. The third-order valence-corrected chi connectivity index (χ3v) is 6.06. The van der Waals surface area contributed by atoms with Gasteiger partial charge in [-0.15, -0.1) is 0 Å². The molecule has 2 N–H and O–H groups in total. The second kappa shape index (κ2) is 9.73. The molecule has 0 saturated carbocycles. The molecule has 8 heteroatoms. The zero-order valence-electron chi connectivity index (χ0n) is 15.9. The summed E-state index contributed by atoms with van der Waals surface area (Å²) in [7, 11) is -3.77. The van der Waals surface area contributed by atoms with E-state index in [4.69, 9.17) is 11.6 Å². The van der Waals surface area contributed by atoms with Gasteiger partial charge >= 0.3 is 0 Å². The van der Waals surface area contributed by atoms with Gasteiger partial charge < -0.3 is 5.32 Å². The van der Waals surface area contributed by atoms with Crippen LogP contribution in [-0.2, 0) is 16.4 Å². The van der Waals surface area contributed by atoms with Crippen molar-refractivity contribution in [1.82, 2.24) is 5.32 Å². The fourth-order valence-electron chi connectivity index (χ4n) is 2.79. The monoisotopic (exact) mass is 446 g/mol. The molecular weight excluding hydrogens is 427 g/mol. The standard InChI is InChI=1S/C22H20ClFN2O3S/c23-20-15-17(22(27)25-14-4-5-16-8-11-18(24)12-9-16)10-13-21(20)26-30(28,29)19-6-2-1-3-7-19/h1-3,6-13,15,26H,4-5,14H2,(H,25,27). The van der Waals surface area contributed by atoms with Crippen LogP contribution in [0.4, 0.5) is 10.1 Å². The summed E-state index contributed by atoms with van der Waals surface area (Å²) in [5.41, 5.74) is 1.50. The molecule has 0 fully saturated rings. The van der Waals surface area contributed by atoms with Crippen LogP contribution in [0.5, 0.6) is 0 Å². The van der Waals surface area contributed by atoms with E-state index in [1.807, 2.05) is 0 Å². The first-order chi connectivity index (χ1) is 14.3. The van der Waals surface area contributed by atoms with E-state index in [9.17, 15) is 17.6 Å². The summed E-state index contributed by atoms with van der Waals surface area (Å²) in [5, 5.41) is 2.91. The van der Waals surface area contributed by atoms with Crippen LogP contribution in [0, 0.1) is 5.82 Å². The van der Waals surface area contributed by atoms with E-state index >= 15 is 0 Å². The smallest absolute Gasteiger partial charge is 0.261 e. The summed E-state index contributed by atoms with van der Waals surface area (Å²) in [6, 6.07) is 18.5. The van der Waals surface area contributed by atoms with Gasteiger partial charge in [-0.1, -0.05) is 41.9 Å². The third-order valence-electron chi connectivity index (χ3n) is 4.37. The number of hydrogen-bond acceptors (Lipinski definition) is 3. The van der Waals surface area contributed by atoms with Crippen molar-refractivity contribution in [3.8, 4) is 0 Å². The zero-order chi connectivity index (χ0) is 21.6. The maximum Gasteiger partial charge on any atom is 0.261 e. The van der Waals surface area contributed by atoms with E-state index in [1.165, 1.54) is 42.5 Å². The molecule has 0 radical (unpaired) electrons. The van der Waals surface area contributed by atoms with Crippen LogP contribution in [0.3, 0.4) is 0 Å². The molecule has 156 valence electrons. The number of carbonyl (C=O) groups is 1. The Bertz CT molecular complexity index is 1120. The lowest BCUT2D eigenvalue weighted by Gasteiger charge is -2.11. The van der Waals surface area contributed by atoms with Crippen molar-refractivity contribution in [2.24, 2.45) is 0 Å². The maximum atomic E-state index is 12.9. The van der Waals surface area contributed by atoms with Gasteiger partial charge in [0.25, 0.3) is 15.9 Å². The molecule has 0 aliphatic heterocycles. The number of halogens is 2. The summed E-state index contributed by atoms with van der Waals surface area (Å²) >= 11 is 6.18. The Hall–Kier alpha value is -2.90. The van der Waals surface area contributed by atoms with E-state index in [0.717, 1.165) is 5.56 Å². The molecule has 5 nitrogen and oxygen atoms in total. The number of benzene rings is 3. The van der Waals surface area contributed by atoms with Gasteiger partial charge in [-0.3, -0.25) is 9.52 Å². The molecule has 3 rings (SSSR count). The minimum absolute atomic E-state index is 0.115. The van der Waals surface area contributed by atoms with Crippen molar-refractivity contribution >= 4 is 33.2 Å². The molecule has 3 aromatic carbocycles. The summed E-state index contributed by atoms with van der Waals surface area (Å²) in [6.45, 7) is 0.441. The van der Waals surface area contributed by atoms with Gasteiger partial charge in [0.2, 0.25) is 0 Å². The number of rotatable bonds is 8. The maximum absolute atomic E-state index is 12.9. The van der Waals surface area contributed by atoms with Gasteiger partial charge in [-0.25, -0.2) is 12.8 Å². The number of hydrogen-bond donors (Lipinski definition) is 2. The van der Waals surface area contributed by atoms with Gasteiger partial charge in [-0.05, 0) is 60.9 Å². The first kappa shape index (κ1) is 21.8. The normalized spacial score (nSPS) is 11.1. The minimum Gasteiger partial charge on any atom is -0.352 e. The van der Waals surface area contributed by atoms with E-state index in [0.29, 0.717) is 24.9 Å². The molecule has 0 saturated heterocycles. The lowest BCUT2D eigenvalue weighted by Crippen LogP contribution is -2.24. The van der Waals surface area contributed by atoms with Crippen LogP contribution in [0.25, 0.3) is 0 Å².